The van der Waals surface area contributed by atoms with Crippen LogP contribution in [0.2, 0.25) is 0 Å². The summed E-state index contributed by atoms with van der Waals surface area (Å²) in [6.45, 7) is 7.84. The molecular weight excluding hydrogens is 238 g/mol. The molecule has 0 radical (unpaired) electrons. The van der Waals surface area contributed by atoms with E-state index in [0.29, 0.717) is 12.4 Å². The second-order valence-corrected chi connectivity index (χ2v) is 5.72. The minimum atomic E-state index is 0.0363. The number of aromatic nitrogens is 1. The van der Waals surface area contributed by atoms with Crippen molar-refractivity contribution < 1.29 is 4.42 Å². The highest BCUT2D eigenvalue weighted by Gasteiger charge is 2.20. The highest BCUT2D eigenvalue weighted by atomic mass is 16.3. The third-order valence-electron chi connectivity index (χ3n) is 3.83. The Morgan fingerprint density at radius 3 is 2.79 bits per heavy atom. The van der Waals surface area contributed by atoms with E-state index in [1.807, 2.05) is 13.0 Å². The Hall–Kier alpha value is -1.39. The highest BCUT2D eigenvalue weighted by Crippen LogP contribution is 2.18. The molecule has 0 saturated carbocycles. The van der Waals surface area contributed by atoms with Crippen molar-refractivity contribution in [2.75, 3.05) is 20.1 Å². The second-order valence-electron chi connectivity index (χ2n) is 5.72. The van der Waals surface area contributed by atoms with Crippen LogP contribution in [0.25, 0.3) is 11.1 Å². The lowest BCUT2D eigenvalue weighted by molar-refractivity contribution is 0.166. The van der Waals surface area contributed by atoms with E-state index in [9.17, 15) is 0 Å². The van der Waals surface area contributed by atoms with Gasteiger partial charge in [-0.25, -0.2) is 4.98 Å². The molecule has 0 fully saturated rings. The maximum atomic E-state index is 5.79. The predicted molar refractivity (Wildman–Crippen MR) is 78.2 cm³/mol. The smallest absolute Gasteiger partial charge is 0.192 e. The average molecular weight is 261 g/mol. The third kappa shape index (κ3) is 3.14. The van der Waals surface area contributed by atoms with Crippen LogP contribution in [-0.2, 0) is 6.42 Å². The van der Waals surface area contributed by atoms with E-state index in [0.717, 1.165) is 24.1 Å². The monoisotopic (exact) mass is 261 g/mol. The number of hydrogen-bond donors (Lipinski definition) is 1. The summed E-state index contributed by atoms with van der Waals surface area (Å²) in [4.78, 5) is 6.66. The van der Waals surface area contributed by atoms with E-state index in [2.05, 4.69) is 42.9 Å². The summed E-state index contributed by atoms with van der Waals surface area (Å²) in [6.07, 6.45) is 0.988. The van der Waals surface area contributed by atoms with Gasteiger partial charge in [-0.3, -0.25) is 4.90 Å². The first-order chi connectivity index (χ1) is 8.92. The van der Waals surface area contributed by atoms with Crippen LogP contribution in [0, 0.1) is 6.92 Å². The molecule has 1 aromatic carbocycles. The Kier molecular flexibility index (Phi) is 3.92. The van der Waals surface area contributed by atoms with Gasteiger partial charge in [0.05, 0.1) is 0 Å². The number of rotatable bonds is 5. The molecule has 0 unspecified atom stereocenters. The van der Waals surface area contributed by atoms with Gasteiger partial charge < -0.3 is 10.2 Å². The Morgan fingerprint density at radius 1 is 1.37 bits per heavy atom. The molecule has 2 N–H and O–H groups in total. The molecule has 104 valence electrons. The molecule has 1 aromatic heterocycles. The van der Waals surface area contributed by atoms with Crippen molar-refractivity contribution in [1.82, 2.24) is 9.88 Å². The molecule has 1 heterocycles. The molecule has 0 aliphatic heterocycles. The van der Waals surface area contributed by atoms with Crippen molar-refractivity contribution in [3.63, 3.8) is 0 Å². The van der Waals surface area contributed by atoms with Gasteiger partial charge in [-0.15, -0.1) is 0 Å². The maximum Gasteiger partial charge on any atom is 0.192 e. The van der Waals surface area contributed by atoms with Gasteiger partial charge in [0, 0.05) is 25.6 Å². The molecule has 0 saturated heterocycles. The lowest BCUT2D eigenvalue weighted by Gasteiger charge is -2.34. The second kappa shape index (κ2) is 5.31. The molecule has 4 nitrogen and oxygen atoms in total. The number of nitrogens with zero attached hydrogens (tertiary/aromatic N) is 2. The third-order valence-corrected chi connectivity index (χ3v) is 3.83. The normalized spacial score (nSPS) is 12.5. The van der Waals surface area contributed by atoms with Crippen molar-refractivity contribution in [3.05, 3.63) is 29.7 Å². The number of aryl methyl sites for hydroxylation is 1. The minimum absolute atomic E-state index is 0.0363. The van der Waals surface area contributed by atoms with Crippen LogP contribution in [0.3, 0.4) is 0 Å². The SMILES string of the molecule is Cc1nc2cc(CCN(C)C(C)(C)CN)ccc2o1. The van der Waals surface area contributed by atoms with Crippen LogP contribution < -0.4 is 5.73 Å². The molecule has 0 aliphatic carbocycles. The average Bonchev–Trinajstić information content (AvgIpc) is 2.74. The Bertz CT molecular complexity index is 560. The number of oxazole rings is 1. The van der Waals surface area contributed by atoms with Crippen LogP contribution in [0.4, 0.5) is 0 Å². The van der Waals surface area contributed by atoms with E-state index in [4.69, 9.17) is 10.2 Å². The first-order valence-corrected chi connectivity index (χ1v) is 6.70. The Balaban J connectivity index is 2.05. The summed E-state index contributed by atoms with van der Waals surface area (Å²) in [5, 5.41) is 0. The zero-order valence-electron chi connectivity index (χ0n) is 12.2. The van der Waals surface area contributed by atoms with Crippen LogP contribution in [-0.4, -0.2) is 35.6 Å². The first kappa shape index (κ1) is 14.0. The van der Waals surface area contributed by atoms with Crippen LogP contribution in [0.1, 0.15) is 25.3 Å². The van der Waals surface area contributed by atoms with E-state index in [1.165, 1.54) is 5.56 Å². The molecule has 0 spiro atoms. The summed E-state index contributed by atoms with van der Waals surface area (Å²) < 4.78 is 5.48. The van der Waals surface area contributed by atoms with E-state index >= 15 is 0 Å². The number of fused-ring (bicyclic) bond motifs is 1. The van der Waals surface area contributed by atoms with Crippen molar-refractivity contribution >= 4 is 11.1 Å². The fourth-order valence-corrected chi connectivity index (χ4v) is 2.00. The van der Waals surface area contributed by atoms with Gasteiger partial charge in [0.1, 0.15) is 5.52 Å². The van der Waals surface area contributed by atoms with E-state index in [-0.39, 0.29) is 5.54 Å². The number of likely N-dealkylation sites (N-methyl/N-ethyl adjacent to an activating group) is 1. The van der Waals surface area contributed by atoms with Gasteiger partial charge in [0.15, 0.2) is 11.5 Å². The fraction of sp³-hybridized carbons (Fsp3) is 0.533. The molecule has 0 aliphatic rings. The summed E-state index contributed by atoms with van der Waals surface area (Å²) in [5.41, 5.74) is 8.90. The standard InChI is InChI=1S/C15H23N3O/c1-11-17-13-9-12(5-6-14(13)19-11)7-8-18(4)15(2,3)10-16/h5-6,9H,7-8,10,16H2,1-4H3. The van der Waals surface area contributed by atoms with Gasteiger partial charge >= 0.3 is 0 Å². The van der Waals surface area contributed by atoms with Crippen LogP contribution in [0.5, 0.6) is 0 Å². The highest BCUT2D eigenvalue weighted by molar-refractivity contribution is 5.73. The minimum Gasteiger partial charge on any atom is -0.441 e. The van der Waals surface area contributed by atoms with E-state index < -0.39 is 0 Å². The lowest BCUT2D eigenvalue weighted by Crippen LogP contribution is -2.47. The van der Waals surface area contributed by atoms with Gasteiger partial charge in [-0.1, -0.05) is 6.07 Å². The molecule has 0 bridgehead atoms. The summed E-state index contributed by atoms with van der Waals surface area (Å²) in [7, 11) is 2.12. The zero-order valence-corrected chi connectivity index (χ0v) is 12.2. The van der Waals surface area contributed by atoms with Crippen molar-refractivity contribution in [3.8, 4) is 0 Å². The molecule has 19 heavy (non-hydrogen) atoms. The van der Waals surface area contributed by atoms with Crippen molar-refractivity contribution in [2.24, 2.45) is 5.73 Å². The lowest BCUT2D eigenvalue weighted by atomic mass is 10.0. The maximum absolute atomic E-state index is 5.79. The molecule has 2 rings (SSSR count). The van der Waals surface area contributed by atoms with E-state index in [1.54, 1.807) is 0 Å². The number of hydrogen-bond acceptors (Lipinski definition) is 4. The van der Waals surface area contributed by atoms with Gasteiger partial charge in [-0.05, 0) is 45.0 Å². The number of nitrogens with two attached hydrogens (primary N) is 1. The Morgan fingerprint density at radius 2 is 2.11 bits per heavy atom. The molecule has 4 heteroatoms. The molecule has 0 atom stereocenters. The Labute approximate surface area is 114 Å². The molecule has 0 amide bonds. The quantitative estimate of drug-likeness (QED) is 0.897. The summed E-state index contributed by atoms with van der Waals surface area (Å²) in [6, 6.07) is 6.21. The zero-order chi connectivity index (χ0) is 14.0. The van der Waals surface area contributed by atoms with Crippen molar-refractivity contribution in [1.29, 1.82) is 0 Å². The van der Waals surface area contributed by atoms with Crippen molar-refractivity contribution in [2.45, 2.75) is 32.7 Å². The van der Waals surface area contributed by atoms with Crippen LogP contribution >= 0.6 is 0 Å². The number of benzene rings is 1. The molecular formula is C15H23N3O. The first-order valence-electron chi connectivity index (χ1n) is 6.70. The fourth-order valence-electron chi connectivity index (χ4n) is 2.00. The van der Waals surface area contributed by atoms with Gasteiger partial charge in [-0.2, -0.15) is 0 Å². The molecule has 2 aromatic rings. The summed E-state index contributed by atoms with van der Waals surface area (Å²) in [5.74, 6) is 0.716. The van der Waals surface area contributed by atoms with Gasteiger partial charge in [0.25, 0.3) is 0 Å². The predicted octanol–water partition coefficient (Wildman–Crippen LogP) is 2.35. The summed E-state index contributed by atoms with van der Waals surface area (Å²) >= 11 is 0. The topological polar surface area (TPSA) is 55.3 Å². The largest absolute Gasteiger partial charge is 0.441 e. The van der Waals surface area contributed by atoms with Crippen LogP contribution in [0.15, 0.2) is 22.6 Å². The van der Waals surface area contributed by atoms with Gasteiger partial charge in [0.2, 0.25) is 0 Å².